The van der Waals surface area contributed by atoms with Crippen LogP contribution in [-0.2, 0) is 11.3 Å². The van der Waals surface area contributed by atoms with Crippen LogP contribution in [0.2, 0.25) is 0 Å². The van der Waals surface area contributed by atoms with E-state index in [4.69, 9.17) is 4.74 Å². The van der Waals surface area contributed by atoms with Crippen molar-refractivity contribution in [2.24, 2.45) is 0 Å². The van der Waals surface area contributed by atoms with Crippen molar-refractivity contribution in [2.75, 3.05) is 38.7 Å². The van der Waals surface area contributed by atoms with Gasteiger partial charge in [-0.1, -0.05) is 19.9 Å². The van der Waals surface area contributed by atoms with Crippen molar-refractivity contribution in [1.82, 2.24) is 4.90 Å². The maximum atomic E-state index is 11.2. The molecular weight excluding hydrogens is 270 g/mol. The summed E-state index contributed by atoms with van der Waals surface area (Å²) in [5.74, 6) is 0. The number of nitro benzene ring substituents is 1. The third-order valence-electron chi connectivity index (χ3n) is 3.29. The third-order valence-corrected chi connectivity index (χ3v) is 3.29. The number of nitrogens with zero attached hydrogens (tertiary/aromatic N) is 2. The Kier molecular flexibility index (Phi) is 7.71. The first-order chi connectivity index (χ1) is 10.1. The molecule has 1 aromatic carbocycles. The van der Waals surface area contributed by atoms with Gasteiger partial charge in [0.1, 0.15) is 5.69 Å². The summed E-state index contributed by atoms with van der Waals surface area (Å²) in [5, 5.41) is 14.3. The highest BCUT2D eigenvalue weighted by atomic mass is 16.6. The number of nitrogens with one attached hydrogen (secondary N) is 1. The highest BCUT2D eigenvalue weighted by Gasteiger charge is 2.15. The van der Waals surface area contributed by atoms with E-state index in [9.17, 15) is 10.1 Å². The highest BCUT2D eigenvalue weighted by Crippen LogP contribution is 2.26. The molecule has 1 aromatic rings. The van der Waals surface area contributed by atoms with Crippen molar-refractivity contribution in [1.29, 1.82) is 0 Å². The molecule has 118 valence electrons. The van der Waals surface area contributed by atoms with E-state index in [-0.39, 0.29) is 10.6 Å². The smallest absolute Gasteiger partial charge is 0.292 e. The summed E-state index contributed by atoms with van der Waals surface area (Å²) in [5.41, 5.74) is 1.68. The maximum absolute atomic E-state index is 11.2. The van der Waals surface area contributed by atoms with Gasteiger partial charge in [0.05, 0.1) is 11.5 Å². The van der Waals surface area contributed by atoms with Gasteiger partial charge in [-0.05, 0) is 24.6 Å². The van der Waals surface area contributed by atoms with Gasteiger partial charge in [0, 0.05) is 32.8 Å². The molecule has 0 aliphatic heterocycles. The Morgan fingerprint density at radius 2 is 2.14 bits per heavy atom. The van der Waals surface area contributed by atoms with E-state index in [0.29, 0.717) is 18.8 Å². The van der Waals surface area contributed by atoms with Crippen LogP contribution in [-0.4, -0.2) is 43.2 Å². The number of rotatable bonds is 10. The summed E-state index contributed by atoms with van der Waals surface area (Å²) in [6, 6.07) is 5.40. The maximum Gasteiger partial charge on any atom is 0.292 e. The van der Waals surface area contributed by atoms with E-state index in [1.54, 1.807) is 19.2 Å². The van der Waals surface area contributed by atoms with Gasteiger partial charge in [-0.15, -0.1) is 0 Å². The lowest BCUT2D eigenvalue weighted by molar-refractivity contribution is -0.384. The molecule has 0 unspecified atom stereocenters. The molecule has 1 N–H and O–H groups in total. The van der Waals surface area contributed by atoms with E-state index in [0.717, 1.165) is 31.6 Å². The Labute approximate surface area is 126 Å². The summed E-state index contributed by atoms with van der Waals surface area (Å²) >= 11 is 0. The minimum atomic E-state index is -0.326. The Balaban J connectivity index is 2.83. The lowest BCUT2D eigenvalue weighted by atomic mass is 10.1. The van der Waals surface area contributed by atoms with Gasteiger partial charge < -0.3 is 10.1 Å². The summed E-state index contributed by atoms with van der Waals surface area (Å²) in [6.45, 7) is 7.88. The van der Waals surface area contributed by atoms with Crippen molar-refractivity contribution in [3.05, 3.63) is 33.9 Å². The molecule has 0 saturated heterocycles. The molecule has 0 atom stereocenters. The van der Waals surface area contributed by atoms with Crippen LogP contribution in [0.4, 0.5) is 11.4 Å². The minimum absolute atomic E-state index is 0.142. The van der Waals surface area contributed by atoms with E-state index in [1.165, 1.54) is 0 Å². The number of nitro groups is 1. The average molecular weight is 295 g/mol. The molecule has 0 heterocycles. The van der Waals surface area contributed by atoms with Crippen LogP contribution in [0.1, 0.15) is 25.8 Å². The van der Waals surface area contributed by atoms with E-state index >= 15 is 0 Å². The van der Waals surface area contributed by atoms with E-state index < -0.39 is 0 Å². The highest BCUT2D eigenvalue weighted by molar-refractivity contribution is 5.62. The van der Waals surface area contributed by atoms with Crippen LogP contribution in [0.5, 0.6) is 0 Å². The molecule has 0 saturated carbocycles. The first-order valence-electron chi connectivity index (χ1n) is 7.34. The van der Waals surface area contributed by atoms with Crippen LogP contribution in [0, 0.1) is 10.1 Å². The molecule has 0 fully saturated rings. The molecule has 0 spiro atoms. The minimum Gasteiger partial charge on any atom is -0.383 e. The van der Waals surface area contributed by atoms with E-state index in [1.807, 2.05) is 13.0 Å². The zero-order valence-electron chi connectivity index (χ0n) is 13.1. The fraction of sp³-hybridized carbons (Fsp3) is 0.600. The Bertz CT molecular complexity index is 452. The van der Waals surface area contributed by atoms with Gasteiger partial charge in [-0.3, -0.25) is 15.0 Å². The number of benzene rings is 1. The van der Waals surface area contributed by atoms with Crippen molar-refractivity contribution >= 4 is 11.4 Å². The third kappa shape index (κ3) is 5.69. The summed E-state index contributed by atoms with van der Waals surface area (Å²) in [4.78, 5) is 13.1. The predicted molar refractivity (Wildman–Crippen MR) is 84.7 cm³/mol. The number of methoxy groups -OCH3 is 1. The van der Waals surface area contributed by atoms with Gasteiger partial charge in [0.15, 0.2) is 0 Å². The molecule has 6 heteroatoms. The van der Waals surface area contributed by atoms with Crippen LogP contribution in [0.3, 0.4) is 0 Å². The first-order valence-corrected chi connectivity index (χ1v) is 7.34. The number of anilines is 1. The van der Waals surface area contributed by atoms with Crippen molar-refractivity contribution < 1.29 is 9.66 Å². The average Bonchev–Trinajstić information content (AvgIpc) is 2.49. The molecule has 1 rings (SSSR count). The monoisotopic (exact) mass is 295 g/mol. The van der Waals surface area contributed by atoms with Crippen LogP contribution in [0.25, 0.3) is 0 Å². The SMILES string of the molecule is CCCNc1ccc(CN(CC)CCOC)cc1[N+](=O)[O-]. The predicted octanol–water partition coefficient (Wildman–Crippen LogP) is 2.89. The zero-order valence-corrected chi connectivity index (χ0v) is 13.1. The number of hydrogen-bond acceptors (Lipinski definition) is 5. The fourth-order valence-electron chi connectivity index (χ4n) is 2.06. The number of ether oxygens (including phenoxy) is 1. The van der Waals surface area contributed by atoms with Gasteiger partial charge in [0.25, 0.3) is 5.69 Å². The molecule has 0 aromatic heterocycles. The number of hydrogen-bond donors (Lipinski definition) is 1. The molecule has 0 bridgehead atoms. The molecule has 6 nitrogen and oxygen atoms in total. The first kappa shape index (κ1) is 17.4. The standard InChI is InChI=1S/C15H25N3O3/c1-4-8-16-14-7-6-13(11-15(14)18(19)20)12-17(5-2)9-10-21-3/h6-7,11,16H,4-5,8-10,12H2,1-3H3. The van der Waals surface area contributed by atoms with Gasteiger partial charge >= 0.3 is 0 Å². The molecular formula is C15H25N3O3. The normalized spacial score (nSPS) is 10.9. The molecule has 0 radical (unpaired) electrons. The van der Waals surface area contributed by atoms with Gasteiger partial charge in [-0.25, -0.2) is 0 Å². The van der Waals surface area contributed by atoms with Crippen LogP contribution >= 0.6 is 0 Å². The largest absolute Gasteiger partial charge is 0.383 e. The Morgan fingerprint density at radius 3 is 2.71 bits per heavy atom. The van der Waals surface area contributed by atoms with Crippen molar-refractivity contribution in [3.63, 3.8) is 0 Å². The molecule has 0 aliphatic rings. The molecule has 0 aliphatic carbocycles. The van der Waals surface area contributed by atoms with Crippen molar-refractivity contribution in [3.8, 4) is 0 Å². The second-order valence-corrected chi connectivity index (χ2v) is 4.90. The fourth-order valence-corrected chi connectivity index (χ4v) is 2.06. The second-order valence-electron chi connectivity index (χ2n) is 4.90. The quantitative estimate of drug-likeness (QED) is 0.531. The van der Waals surface area contributed by atoms with Gasteiger partial charge in [-0.2, -0.15) is 0 Å². The van der Waals surface area contributed by atoms with Crippen LogP contribution in [0.15, 0.2) is 18.2 Å². The van der Waals surface area contributed by atoms with Crippen LogP contribution < -0.4 is 5.32 Å². The number of likely N-dealkylation sites (N-methyl/N-ethyl adjacent to an activating group) is 1. The summed E-state index contributed by atoms with van der Waals surface area (Å²) in [6.07, 6.45) is 0.930. The summed E-state index contributed by atoms with van der Waals surface area (Å²) in [7, 11) is 1.67. The lowest BCUT2D eigenvalue weighted by Gasteiger charge is -2.20. The van der Waals surface area contributed by atoms with Crippen molar-refractivity contribution in [2.45, 2.75) is 26.8 Å². The zero-order chi connectivity index (χ0) is 15.7. The lowest BCUT2D eigenvalue weighted by Crippen LogP contribution is -2.26. The van der Waals surface area contributed by atoms with E-state index in [2.05, 4.69) is 17.1 Å². The summed E-state index contributed by atoms with van der Waals surface area (Å²) < 4.78 is 5.08. The Hall–Kier alpha value is -1.66. The molecule has 0 amide bonds. The molecule has 21 heavy (non-hydrogen) atoms. The Morgan fingerprint density at radius 1 is 1.38 bits per heavy atom. The van der Waals surface area contributed by atoms with Gasteiger partial charge in [0.2, 0.25) is 0 Å². The topological polar surface area (TPSA) is 67.6 Å². The second kappa shape index (κ2) is 9.31.